The van der Waals surface area contributed by atoms with Gasteiger partial charge in [0.25, 0.3) is 0 Å². The molecule has 0 unspecified atom stereocenters. The van der Waals surface area contributed by atoms with Gasteiger partial charge in [0.1, 0.15) is 0 Å². The fraction of sp³-hybridized carbons (Fsp3) is 0.625. The molecule has 0 N–H and O–H groups in total. The highest BCUT2D eigenvalue weighted by Crippen LogP contribution is 2.25. The van der Waals surface area contributed by atoms with E-state index in [2.05, 4.69) is 13.8 Å². The van der Waals surface area contributed by atoms with Crippen LogP contribution in [0.2, 0.25) is 0 Å². The molecule has 0 aliphatic carbocycles. The van der Waals surface area contributed by atoms with Crippen LogP contribution >= 0.6 is 0 Å². The summed E-state index contributed by atoms with van der Waals surface area (Å²) in [7, 11) is -3.30. The molecule has 1 fully saturated rings. The molecule has 1 heterocycles. The molecular formula is C16H26O4S. The van der Waals surface area contributed by atoms with E-state index in [1.165, 1.54) is 0 Å². The lowest BCUT2D eigenvalue weighted by Gasteiger charge is -2.35. The second kappa shape index (κ2) is 7.38. The van der Waals surface area contributed by atoms with Crippen LogP contribution in [0.15, 0.2) is 34.8 Å². The predicted molar refractivity (Wildman–Crippen MR) is 85.6 cm³/mol. The second-order valence-electron chi connectivity index (χ2n) is 6.04. The maximum atomic E-state index is 12.2. The summed E-state index contributed by atoms with van der Waals surface area (Å²) < 4.78 is 35.7. The van der Waals surface area contributed by atoms with Gasteiger partial charge in [-0.05, 0) is 32.4 Å². The molecular weight excluding hydrogens is 288 g/mol. The maximum Gasteiger partial charge on any atom is 0.181 e. The van der Waals surface area contributed by atoms with Crippen LogP contribution in [-0.4, -0.2) is 33.7 Å². The molecule has 4 nitrogen and oxygen atoms in total. The molecule has 0 bridgehead atoms. The first-order valence-electron chi connectivity index (χ1n) is 7.13. The fourth-order valence-corrected chi connectivity index (χ4v) is 3.31. The summed E-state index contributed by atoms with van der Waals surface area (Å²) in [6, 6.07) is 0. The minimum atomic E-state index is -3.30. The summed E-state index contributed by atoms with van der Waals surface area (Å²) in [6.07, 6.45) is 6.16. The van der Waals surface area contributed by atoms with Crippen LogP contribution in [-0.2, 0) is 19.3 Å². The Morgan fingerprint density at radius 3 is 2.29 bits per heavy atom. The van der Waals surface area contributed by atoms with Crippen LogP contribution in [0.3, 0.4) is 0 Å². The zero-order valence-corrected chi connectivity index (χ0v) is 14.4. The van der Waals surface area contributed by atoms with Gasteiger partial charge in [0, 0.05) is 5.41 Å². The molecule has 0 amide bonds. The van der Waals surface area contributed by atoms with Crippen molar-refractivity contribution in [3.05, 3.63) is 34.8 Å². The third-order valence-electron chi connectivity index (χ3n) is 3.22. The zero-order chi connectivity index (χ0) is 16.1. The number of sulfone groups is 1. The van der Waals surface area contributed by atoms with Crippen molar-refractivity contribution in [1.82, 2.24) is 0 Å². The van der Waals surface area contributed by atoms with E-state index in [1.54, 1.807) is 38.2 Å². The molecule has 1 aliphatic heterocycles. The van der Waals surface area contributed by atoms with Gasteiger partial charge in [-0.1, -0.05) is 32.1 Å². The molecule has 0 aromatic rings. The Morgan fingerprint density at radius 1 is 1.24 bits per heavy atom. The third kappa shape index (κ3) is 5.41. The Kier molecular flexibility index (Phi) is 6.38. The SMILES string of the molecule is CC=CC(=CC)S(=O)(=O)CC=C(C)C1OCC(C)(C)CO1. The Morgan fingerprint density at radius 2 is 1.81 bits per heavy atom. The first kappa shape index (κ1) is 18.1. The van der Waals surface area contributed by atoms with Gasteiger partial charge in [-0.2, -0.15) is 0 Å². The first-order chi connectivity index (χ1) is 9.72. The van der Waals surface area contributed by atoms with Gasteiger partial charge < -0.3 is 9.47 Å². The Bertz CT molecular complexity index is 529. The van der Waals surface area contributed by atoms with Crippen molar-refractivity contribution in [2.24, 2.45) is 5.41 Å². The highest BCUT2D eigenvalue weighted by Gasteiger charge is 2.29. The summed E-state index contributed by atoms with van der Waals surface area (Å²) in [6.45, 7) is 10.7. The van der Waals surface area contributed by atoms with E-state index in [0.717, 1.165) is 5.57 Å². The lowest BCUT2D eigenvalue weighted by Crippen LogP contribution is -2.38. The predicted octanol–water partition coefficient (Wildman–Crippen LogP) is 3.23. The van der Waals surface area contributed by atoms with Gasteiger partial charge >= 0.3 is 0 Å². The molecule has 0 radical (unpaired) electrons. The van der Waals surface area contributed by atoms with Crippen LogP contribution < -0.4 is 0 Å². The van der Waals surface area contributed by atoms with Crippen LogP contribution in [0.1, 0.15) is 34.6 Å². The maximum absolute atomic E-state index is 12.2. The third-order valence-corrected chi connectivity index (χ3v) is 4.92. The van der Waals surface area contributed by atoms with E-state index in [4.69, 9.17) is 9.47 Å². The van der Waals surface area contributed by atoms with Gasteiger partial charge in [0.15, 0.2) is 16.1 Å². The molecule has 5 heteroatoms. The number of allylic oxidation sites excluding steroid dienone is 3. The quantitative estimate of drug-likeness (QED) is 0.577. The van der Waals surface area contributed by atoms with Crippen molar-refractivity contribution in [3.63, 3.8) is 0 Å². The number of hydrogen-bond acceptors (Lipinski definition) is 4. The van der Waals surface area contributed by atoms with E-state index in [0.29, 0.717) is 18.1 Å². The van der Waals surface area contributed by atoms with E-state index < -0.39 is 16.1 Å². The minimum Gasteiger partial charge on any atom is -0.348 e. The number of ether oxygens (including phenoxy) is 2. The highest BCUT2D eigenvalue weighted by atomic mass is 32.2. The second-order valence-corrected chi connectivity index (χ2v) is 8.07. The summed E-state index contributed by atoms with van der Waals surface area (Å²) in [5, 5.41) is 0. The largest absolute Gasteiger partial charge is 0.348 e. The molecule has 0 aromatic carbocycles. The standard InChI is InChI=1S/C16H26O4S/c1-6-8-14(7-2)21(17,18)10-9-13(3)15-19-11-16(4,5)12-20-15/h6-9,15H,10-12H2,1-5H3. The zero-order valence-electron chi connectivity index (χ0n) is 13.5. The Hall–Kier alpha value is -0.910. The lowest BCUT2D eigenvalue weighted by molar-refractivity contribution is -0.202. The van der Waals surface area contributed by atoms with Crippen molar-refractivity contribution in [2.75, 3.05) is 19.0 Å². The summed E-state index contributed by atoms with van der Waals surface area (Å²) in [4.78, 5) is 0.334. The van der Waals surface area contributed by atoms with Crippen molar-refractivity contribution >= 4 is 9.84 Å². The van der Waals surface area contributed by atoms with Gasteiger partial charge in [-0.15, -0.1) is 0 Å². The van der Waals surface area contributed by atoms with E-state index >= 15 is 0 Å². The van der Waals surface area contributed by atoms with Crippen LogP contribution in [0.5, 0.6) is 0 Å². The molecule has 0 aromatic heterocycles. The molecule has 0 spiro atoms. The summed E-state index contributed by atoms with van der Waals surface area (Å²) >= 11 is 0. The molecule has 21 heavy (non-hydrogen) atoms. The average molecular weight is 314 g/mol. The van der Waals surface area contributed by atoms with Gasteiger partial charge in [0.05, 0.1) is 23.9 Å². The Labute approximate surface area is 128 Å². The van der Waals surface area contributed by atoms with Gasteiger partial charge in [-0.3, -0.25) is 0 Å². The molecule has 0 saturated carbocycles. The van der Waals surface area contributed by atoms with E-state index in [1.807, 2.05) is 6.92 Å². The molecule has 1 rings (SSSR count). The highest BCUT2D eigenvalue weighted by molar-refractivity contribution is 7.95. The molecule has 1 saturated heterocycles. The van der Waals surface area contributed by atoms with Crippen molar-refractivity contribution < 1.29 is 17.9 Å². The molecule has 1 aliphatic rings. The lowest BCUT2D eigenvalue weighted by atomic mass is 9.95. The van der Waals surface area contributed by atoms with Gasteiger partial charge in [0.2, 0.25) is 0 Å². The summed E-state index contributed by atoms with van der Waals surface area (Å²) in [5.74, 6) is -0.0462. The minimum absolute atomic E-state index is 0.00684. The number of rotatable bonds is 5. The van der Waals surface area contributed by atoms with E-state index in [9.17, 15) is 8.42 Å². The topological polar surface area (TPSA) is 52.6 Å². The van der Waals surface area contributed by atoms with Crippen molar-refractivity contribution in [2.45, 2.75) is 40.9 Å². The monoisotopic (exact) mass is 314 g/mol. The van der Waals surface area contributed by atoms with Crippen LogP contribution in [0.4, 0.5) is 0 Å². The van der Waals surface area contributed by atoms with Gasteiger partial charge in [-0.25, -0.2) is 8.42 Å². The molecule has 120 valence electrons. The van der Waals surface area contributed by atoms with Crippen molar-refractivity contribution in [3.8, 4) is 0 Å². The van der Waals surface area contributed by atoms with Crippen molar-refractivity contribution in [1.29, 1.82) is 0 Å². The normalized spacial score (nSPS) is 22.0. The fourth-order valence-electron chi connectivity index (χ4n) is 1.93. The Balaban J connectivity index is 2.72. The van der Waals surface area contributed by atoms with Crippen LogP contribution in [0, 0.1) is 5.41 Å². The smallest absolute Gasteiger partial charge is 0.181 e. The average Bonchev–Trinajstić information content (AvgIpc) is 2.42. The summed E-state index contributed by atoms with van der Waals surface area (Å²) in [5.41, 5.74) is 0.803. The molecule has 0 atom stereocenters. The number of hydrogen-bond donors (Lipinski definition) is 0. The van der Waals surface area contributed by atoms with Crippen LogP contribution in [0.25, 0.3) is 0 Å². The van der Waals surface area contributed by atoms with E-state index in [-0.39, 0.29) is 11.2 Å². The first-order valence-corrected chi connectivity index (χ1v) is 8.79.